The zero-order valence-corrected chi connectivity index (χ0v) is 10.7. The number of carbonyl (C=O) groups excluding carboxylic acids is 1. The number of benzene rings is 1. The second-order valence-corrected chi connectivity index (χ2v) is 4.61. The zero-order chi connectivity index (χ0) is 13.0. The zero-order valence-electron chi connectivity index (χ0n) is 9.88. The first-order valence-corrected chi connectivity index (χ1v) is 6.22. The van der Waals surface area contributed by atoms with Gasteiger partial charge < -0.3 is 15.2 Å². The molecule has 0 radical (unpaired) electrons. The van der Waals surface area contributed by atoms with Crippen molar-refractivity contribution < 1.29 is 14.3 Å². The van der Waals surface area contributed by atoms with E-state index in [0.29, 0.717) is 11.4 Å². The lowest BCUT2D eigenvalue weighted by Crippen LogP contribution is -2.09. The van der Waals surface area contributed by atoms with Crippen molar-refractivity contribution in [2.75, 3.05) is 12.8 Å². The molecule has 0 fully saturated rings. The molecule has 94 valence electrons. The van der Waals surface area contributed by atoms with E-state index in [1.165, 1.54) is 18.4 Å². The Morgan fingerprint density at radius 3 is 2.83 bits per heavy atom. The van der Waals surface area contributed by atoms with Crippen molar-refractivity contribution in [3.05, 3.63) is 46.2 Å². The van der Waals surface area contributed by atoms with Crippen molar-refractivity contribution in [1.29, 1.82) is 0 Å². The van der Waals surface area contributed by atoms with Gasteiger partial charge in [-0.15, -0.1) is 11.3 Å². The fourth-order valence-electron chi connectivity index (χ4n) is 1.54. The molecule has 0 atom stereocenters. The summed E-state index contributed by atoms with van der Waals surface area (Å²) >= 11 is 1.53. The van der Waals surface area contributed by atoms with E-state index in [1.54, 1.807) is 18.2 Å². The minimum Gasteiger partial charge on any atom is -0.496 e. The predicted octanol–water partition coefficient (Wildman–Crippen LogP) is 2.70. The topological polar surface area (TPSA) is 61.5 Å². The normalized spacial score (nSPS) is 10.1. The van der Waals surface area contributed by atoms with Gasteiger partial charge in [-0.2, -0.15) is 0 Å². The van der Waals surface area contributed by atoms with Crippen molar-refractivity contribution in [2.24, 2.45) is 0 Å². The Hall–Kier alpha value is -2.01. The average Bonchev–Trinajstić information content (AvgIpc) is 2.88. The molecular formula is C13H13NO3S. The molecular weight excluding hydrogens is 250 g/mol. The van der Waals surface area contributed by atoms with Crippen LogP contribution in [0.4, 0.5) is 5.69 Å². The summed E-state index contributed by atoms with van der Waals surface area (Å²) in [5, 5.41) is 1.93. The van der Waals surface area contributed by atoms with Crippen molar-refractivity contribution in [3.63, 3.8) is 0 Å². The van der Waals surface area contributed by atoms with Gasteiger partial charge in [-0.05, 0) is 23.6 Å². The summed E-state index contributed by atoms with van der Waals surface area (Å²) in [5.74, 6) is -0.0514. The van der Waals surface area contributed by atoms with Gasteiger partial charge >= 0.3 is 5.97 Å². The molecule has 1 aromatic heterocycles. The van der Waals surface area contributed by atoms with Crippen LogP contribution >= 0.6 is 11.3 Å². The van der Waals surface area contributed by atoms with Gasteiger partial charge in [0.25, 0.3) is 0 Å². The van der Waals surface area contributed by atoms with Crippen LogP contribution in [0.5, 0.6) is 5.75 Å². The molecule has 5 heteroatoms. The molecule has 0 unspecified atom stereocenters. The fraction of sp³-hybridized carbons (Fsp3) is 0.154. The molecule has 2 rings (SSSR count). The molecule has 2 N–H and O–H groups in total. The van der Waals surface area contributed by atoms with Crippen LogP contribution in [0.25, 0.3) is 0 Å². The van der Waals surface area contributed by atoms with Gasteiger partial charge in [-0.25, -0.2) is 4.79 Å². The maximum atomic E-state index is 12.0. The highest BCUT2D eigenvalue weighted by molar-refractivity contribution is 7.09. The summed E-state index contributed by atoms with van der Waals surface area (Å²) in [7, 11) is 1.49. The predicted molar refractivity (Wildman–Crippen MR) is 70.8 cm³/mol. The number of nitrogen functional groups attached to an aromatic ring is 1. The molecule has 1 heterocycles. The van der Waals surface area contributed by atoms with Crippen molar-refractivity contribution in [2.45, 2.75) is 6.61 Å². The molecule has 1 aromatic carbocycles. The number of methoxy groups -OCH3 is 1. The first-order chi connectivity index (χ1) is 8.72. The Morgan fingerprint density at radius 1 is 1.33 bits per heavy atom. The smallest absolute Gasteiger partial charge is 0.344 e. The maximum absolute atomic E-state index is 12.0. The number of nitrogens with two attached hydrogens (primary N) is 1. The van der Waals surface area contributed by atoms with Crippen LogP contribution in [0, 0.1) is 0 Å². The number of esters is 1. The quantitative estimate of drug-likeness (QED) is 0.680. The third kappa shape index (κ3) is 2.62. The van der Waals surface area contributed by atoms with Crippen molar-refractivity contribution in [3.8, 4) is 5.75 Å². The lowest BCUT2D eigenvalue weighted by atomic mass is 10.1. The number of hydrogen-bond donors (Lipinski definition) is 1. The highest BCUT2D eigenvalue weighted by Gasteiger charge is 2.17. The number of ether oxygens (including phenoxy) is 2. The van der Waals surface area contributed by atoms with E-state index < -0.39 is 5.97 Å². The number of hydrogen-bond acceptors (Lipinski definition) is 5. The molecule has 0 bridgehead atoms. The molecule has 2 aromatic rings. The molecule has 0 saturated heterocycles. The Morgan fingerprint density at radius 2 is 2.17 bits per heavy atom. The average molecular weight is 263 g/mol. The van der Waals surface area contributed by atoms with E-state index >= 15 is 0 Å². The van der Waals surface area contributed by atoms with Gasteiger partial charge in [0, 0.05) is 10.6 Å². The van der Waals surface area contributed by atoms with Gasteiger partial charge in [0.2, 0.25) is 0 Å². The first kappa shape index (κ1) is 12.4. The second-order valence-electron chi connectivity index (χ2n) is 3.58. The monoisotopic (exact) mass is 263 g/mol. The minimum absolute atomic E-state index is 0.244. The summed E-state index contributed by atoms with van der Waals surface area (Å²) in [4.78, 5) is 12.9. The number of thiophene rings is 1. The standard InChI is InChI=1S/C13H13NO3S/c1-16-11-6-2-5-10(14)12(11)13(15)17-8-9-4-3-7-18-9/h2-7H,8,14H2,1H3. The van der Waals surface area contributed by atoms with E-state index in [9.17, 15) is 4.79 Å². The third-order valence-electron chi connectivity index (χ3n) is 2.41. The van der Waals surface area contributed by atoms with Gasteiger partial charge in [-0.3, -0.25) is 0 Å². The third-order valence-corrected chi connectivity index (χ3v) is 3.26. The van der Waals surface area contributed by atoms with Crippen LogP contribution in [0.1, 0.15) is 15.2 Å². The van der Waals surface area contributed by atoms with E-state index in [1.807, 2.05) is 17.5 Å². The van der Waals surface area contributed by atoms with Gasteiger partial charge in [0.1, 0.15) is 17.9 Å². The molecule has 0 spiro atoms. The number of carbonyl (C=O) groups is 1. The van der Waals surface area contributed by atoms with Crippen LogP contribution in [0.2, 0.25) is 0 Å². The van der Waals surface area contributed by atoms with E-state index in [-0.39, 0.29) is 12.2 Å². The SMILES string of the molecule is COc1cccc(N)c1C(=O)OCc1cccs1. The van der Waals surface area contributed by atoms with Crippen molar-refractivity contribution in [1.82, 2.24) is 0 Å². The second kappa shape index (κ2) is 5.55. The largest absolute Gasteiger partial charge is 0.496 e. The summed E-state index contributed by atoms with van der Waals surface area (Å²) < 4.78 is 10.3. The van der Waals surface area contributed by atoms with Gasteiger partial charge in [0.05, 0.1) is 7.11 Å². The maximum Gasteiger partial charge on any atom is 0.344 e. The van der Waals surface area contributed by atoms with Crippen LogP contribution in [0.3, 0.4) is 0 Å². The Labute approximate surface area is 109 Å². The molecule has 0 aliphatic rings. The molecule has 0 saturated carbocycles. The number of rotatable bonds is 4. The number of anilines is 1. The molecule has 0 aliphatic carbocycles. The van der Waals surface area contributed by atoms with E-state index in [4.69, 9.17) is 15.2 Å². The van der Waals surface area contributed by atoms with Crippen LogP contribution < -0.4 is 10.5 Å². The lowest BCUT2D eigenvalue weighted by Gasteiger charge is -2.10. The van der Waals surface area contributed by atoms with Crippen LogP contribution in [0.15, 0.2) is 35.7 Å². The molecule has 4 nitrogen and oxygen atoms in total. The summed E-state index contributed by atoms with van der Waals surface area (Å²) in [6.45, 7) is 0.244. The van der Waals surface area contributed by atoms with Gasteiger partial charge in [0.15, 0.2) is 0 Å². The van der Waals surface area contributed by atoms with Crippen molar-refractivity contribution >= 4 is 23.0 Å². The highest BCUT2D eigenvalue weighted by atomic mass is 32.1. The van der Waals surface area contributed by atoms with Crippen LogP contribution in [-0.2, 0) is 11.3 Å². The van der Waals surface area contributed by atoms with E-state index in [0.717, 1.165) is 4.88 Å². The lowest BCUT2D eigenvalue weighted by molar-refractivity contribution is 0.0474. The molecule has 18 heavy (non-hydrogen) atoms. The minimum atomic E-state index is -0.474. The van der Waals surface area contributed by atoms with E-state index in [2.05, 4.69) is 0 Å². The summed E-state index contributed by atoms with van der Waals surface area (Å²) in [5.41, 5.74) is 6.40. The Balaban J connectivity index is 2.13. The highest BCUT2D eigenvalue weighted by Crippen LogP contribution is 2.25. The molecule has 0 aliphatic heterocycles. The summed E-state index contributed by atoms with van der Waals surface area (Å²) in [6.07, 6.45) is 0. The van der Waals surface area contributed by atoms with Gasteiger partial charge in [-0.1, -0.05) is 12.1 Å². The first-order valence-electron chi connectivity index (χ1n) is 5.34. The molecule has 0 amide bonds. The fourth-order valence-corrected chi connectivity index (χ4v) is 2.16. The Bertz CT molecular complexity index is 537. The van der Waals surface area contributed by atoms with Crippen LogP contribution in [-0.4, -0.2) is 13.1 Å². The summed E-state index contributed by atoms with van der Waals surface area (Å²) in [6, 6.07) is 8.86. The Kier molecular flexibility index (Phi) is 3.84.